The number of nitro groups is 1. The molecule has 0 radical (unpaired) electrons. The summed E-state index contributed by atoms with van der Waals surface area (Å²) < 4.78 is 0. The summed E-state index contributed by atoms with van der Waals surface area (Å²) in [6.45, 7) is 1.77. The minimum Gasteiger partial charge on any atom is -0.305 e. The van der Waals surface area contributed by atoms with Crippen molar-refractivity contribution in [1.82, 2.24) is 9.97 Å². The van der Waals surface area contributed by atoms with E-state index in [2.05, 4.69) is 15.3 Å². The summed E-state index contributed by atoms with van der Waals surface area (Å²) in [5, 5.41) is 13.1. The predicted octanol–water partition coefficient (Wildman–Crippen LogP) is 2.60. The largest absolute Gasteiger partial charge is 0.305 e. The number of rotatable bonds is 3. The molecule has 20 heavy (non-hydrogen) atoms. The Morgan fingerprint density at radius 2 is 2.10 bits per heavy atom. The third-order valence-electron chi connectivity index (χ3n) is 2.43. The molecule has 0 aliphatic rings. The summed E-state index contributed by atoms with van der Waals surface area (Å²) in [5.74, 6) is -0.238. The minimum atomic E-state index is -0.584. The highest BCUT2D eigenvalue weighted by Crippen LogP contribution is 2.23. The van der Waals surface area contributed by atoms with Crippen molar-refractivity contribution in [1.29, 1.82) is 0 Å². The first kappa shape index (κ1) is 13.9. The first-order valence-corrected chi connectivity index (χ1v) is 5.89. The number of carbonyl (C=O) groups is 1. The summed E-state index contributed by atoms with van der Waals surface area (Å²) in [5.41, 5.74) is 0.665. The minimum absolute atomic E-state index is 0.00299. The monoisotopic (exact) mass is 292 g/mol. The standard InChI is InChI=1S/C12H9ClN4O3/c1-7-5-15-11(6-14-7)16-12(18)9-3-2-8(17(19)20)4-10(9)13/h2-6H,1H3,(H,15,16,18). The highest BCUT2D eigenvalue weighted by molar-refractivity contribution is 6.34. The van der Waals surface area contributed by atoms with E-state index in [9.17, 15) is 14.9 Å². The summed E-state index contributed by atoms with van der Waals surface area (Å²) in [7, 11) is 0. The number of hydrogen-bond acceptors (Lipinski definition) is 5. The van der Waals surface area contributed by atoms with Crippen LogP contribution in [-0.2, 0) is 0 Å². The average molecular weight is 293 g/mol. The van der Waals surface area contributed by atoms with Gasteiger partial charge in [0.25, 0.3) is 11.6 Å². The summed E-state index contributed by atoms with van der Waals surface area (Å²) >= 11 is 5.86. The molecule has 2 aromatic rings. The molecule has 1 aromatic carbocycles. The molecular weight excluding hydrogens is 284 g/mol. The fraction of sp³-hybridized carbons (Fsp3) is 0.0833. The molecule has 0 bridgehead atoms. The topological polar surface area (TPSA) is 98.0 Å². The lowest BCUT2D eigenvalue weighted by molar-refractivity contribution is -0.384. The molecule has 0 atom stereocenters. The van der Waals surface area contributed by atoms with Crippen molar-refractivity contribution >= 4 is 29.0 Å². The van der Waals surface area contributed by atoms with Gasteiger partial charge in [-0.1, -0.05) is 11.6 Å². The molecule has 102 valence electrons. The van der Waals surface area contributed by atoms with Gasteiger partial charge in [0.05, 0.1) is 33.6 Å². The van der Waals surface area contributed by atoms with Crippen molar-refractivity contribution in [2.75, 3.05) is 5.32 Å². The number of aryl methyl sites for hydroxylation is 1. The van der Waals surface area contributed by atoms with Crippen LogP contribution in [0.2, 0.25) is 5.02 Å². The Kier molecular flexibility index (Phi) is 3.90. The van der Waals surface area contributed by atoms with Gasteiger partial charge < -0.3 is 5.32 Å². The van der Waals surface area contributed by atoms with E-state index in [-0.39, 0.29) is 22.1 Å². The summed E-state index contributed by atoms with van der Waals surface area (Å²) in [4.78, 5) is 29.9. The second-order valence-corrected chi connectivity index (χ2v) is 4.33. The zero-order chi connectivity index (χ0) is 14.7. The number of benzene rings is 1. The normalized spacial score (nSPS) is 10.1. The molecule has 0 fully saturated rings. The molecule has 1 amide bonds. The maximum Gasteiger partial charge on any atom is 0.270 e. The Balaban J connectivity index is 2.21. The number of halogens is 1. The van der Waals surface area contributed by atoms with E-state index in [1.807, 2.05) is 0 Å². The lowest BCUT2D eigenvalue weighted by atomic mass is 10.2. The van der Waals surface area contributed by atoms with Crippen molar-refractivity contribution in [3.63, 3.8) is 0 Å². The number of anilines is 1. The van der Waals surface area contributed by atoms with E-state index in [1.165, 1.54) is 24.5 Å². The van der Waals surface area contributed by atoms with Crippen molar-refractivity contribution < 1.29 is 9.72 Å². The van der Waals surface area contributed by atoms with Crippen molar-refractivity contribution in [3.8, 4) is 0 Å². The first-order valence-electron chi connectivity index (χ1n) is 5.51. The molecule has 0 aliphatic carbocycles. The quantitative estimate of drug-likeness (QED) is 0.692. The third kappa shape index (κ3) is 3.07. The first-order chi connectivity index (χ1) is 9.47. The lowest BCUT2D eigenvalue weighted by Gasteiger charge is -2.05. The molecule has 0 aliphatic heterocycles. The Labute approximate surface area is 118 Å². The number of aromatic nitrogens is 2. The van der Waals surface area contributed by atoms with Gasteiger partial charge in [0, 0.05) is 12.1 Å². The summed E-state index contributed by atoms with van der Waals surface area (Å²) in [6, 6.07) is 3.62. The maximum atomic E-state index is 12.0. The van der Waals surface area contributed by atoms with Crippen LogP contribution in [0.15, 0.2) is 30.6 Å². The molecular formula is C12H9ClN4O3. The van der Waals surface area contributed by atoms with Crippen LogP contribution in [0.4, 0.5) is 11.5 Å². The Bertz CT molecular complexity index is 673. The van der Waals surface area contributed by atoms with Crippen molar-refractivity contribution in [2.24, 2.45) is 0 Å². The molecule has 1 N–H and O–H groups in total. The van der Waals surface area contributed by atoms with Gasteiger partial charge in [-0.15, -0.1) is 0 Å². The molecule has 1 heterocycles. The van der Waals surface area contributed by atoms with E-state index < -0.39 is 10.8 Å². The summed E-state index contributed by atoms with van der Waals surface area (Å²) in [6.07, 6.45) is 2.92. The maximum absolute atomic E-state index is 12.0. The van der Waals surface area contributed by atoms with E-state index in [1.54, 1.807) is 6.92 Å². The number of hydrogen-bond donors (Lipinski definition) is 1. The number of nitrogens with one attached hydrogen (secondary N) is 1. The number of nitro benzene ring substituents is 1. The SMILES string of the molecule is Cc1cnc(NC(=O)c2ccc([N+](=O)[O-])cc2Cl)cn1. The zero-order valence-electron chi connectivity index (χ0n) is 10.3. The average Bonchev–Trinajstić information content (AvgIpc) is 2.41. The Morgan fingerprint density at radius 1 is 1.35 bits per heavy atom. The molecule has 7 nitrogen and oxygen atoms in total. The van der Waals surface area contributed by atoms with Crippen LogP contribution in [0.5, 0.6) is 0 Å². The molecule has 0 saturated heterocycles. The predicted molar refractivity (Wildman–Crippen MR) is 72.8 cm³/mol. The second-order valence-electron chi connectivity index (χ2n) is 3.92. The Hall–Kier alpha value is -2.54. The van der Waals surface area contributed by atoms with Gasteiger partial charge in [0.15, 0.2) is 5.82 Å². The van der Waals surface area contributed by atoms with E-state index >= 15 is 0 Å². The fourth-order valence-corrected chi connectivity index (χ4v) is 1.70. The van der Waals surface area contributed by atoms with Crippen LogP contribution < -0.4 is 5.32 Å². The lowest BCUT2D eigenvalue weighted by Crippen LogP contribution is -2.13. The van der Waals surface area contributed by atoms with Crippen molar-refractivity contribution in [3.05, 3.63) is 57.0 Å². The van der Waals surface area contributed by atoms with Gasteiger partial charge in [-0.25, -0.2) is 4.98 Å². The smallest absolute Gasteiger partial charge is 0.270 e. The zero-order valence-corrected chi connectivity index (χ0v) is 11.1. The number of amides is 1. The molecule has 8 heteroatoms. The van der Waals surface area contributed by atoms with Gasteiger partial charge >= 0.3 is 0 Å². The molecule has 0 unspecified atom stereocenters. The van der Waals surface area contributed by atoms with E-state index in [4.69, 9.17) is 11.6 Å². The number of non-ortho nitro benzene ring substituents is 1. The highest BCUT2D eigenvalue weighted by Gasteiger charge is 2.15. The van der Waals surface area contributed by atoms with Gasteiger partial charge in [0.1, 0.15) is 0 Å². The van der Waals surface area contributed by atoms with Crippen molar-refractivity contribution in [2.45, 2.75) is 6.92 Å². The van der Waals surface area contributed by atoms with E-state index in [0.29, 0.717) is 0 Å². The van der Waals surface area contributed by atoms with E-state index in [0.717, 1.165) is 11.8 Å². The highest BCUT2D eigenvalue weighted by atomic mass is 35.5. The second kappa shape index (κ2) is 5.62. The van der Waals surface area contributed by atoms with Gasteiger partial charge in [0.2, 0.25) is 0 Å². The van der Waals surface area contributed by atoms with Crippen LogP contribution in [-0.4, -0.2) is 20.8 Å². The van der Waals surface area contributed by atoms with Crippen LogP contribution in [0.25, 0.3) is 0 Å². The van der Waals surface area contributed by atoms with Crippen LogP contribution >= 0.6 is 11.6 Å². The molecule has 0 saturated carbocycles. The van der Waals surface area contributed by atoms with Gasteiger partial charge in [-0.2, -0.15) is 0 Å². The number of nitrogens with zero attached hydrogens (tertiary/aromatic N) is 3. The van der Waals surface area contributed by atoms with Gasteiger partial charge in [-0.3, -0.25) is 19.9 Å². The van der Waals surface area contributed by atoms with Crippen LogP contribution in [0.1, 0.15) is 16.1 Å². The third-order valence-corrected chi connectivity index (χ3v) is 2.74. The fourth-order valence-electron chi connectivity index (χ4n) is 1.44. The van der Waals surface area contributed by atoms with Crippen LogP contribution in [0.3, 0.4) is 0 Å². The molecule has 2 rings (SSSR count). The molecule has 0 spiro atoms. The van der Waals surface area contributed by atoms with Gasteiger partial charge in [-0.05, 0) is 13.0 Å². The Morgan fingerprint density at radius 3 is 2.65 bits per heavy atom. The van der Waals surface area contributed by atoms with Crippen LogP contribution in [0, 0.1) is 17.0 Å². The number of carbonyl (C=O) groups excluding carboxylic acids is 1. The molecule has 1 aromatic heterocycles.